The number of aliphatic hydroxyl groups is 1. The van der Waals surface area contributed by atoms with Crippen LogP contribution in [0.4, 0.5) is 0 Å². The van der Waals surface area contributed by atoms with Crippen LogP contribution in [0.25, 0.3) is 0 Å². The highest BCUT2D eigenvalue weighted by molar-refractivity contribution is 5.76. The molecule has 1 amide bonds. The molecule has 0 radical (unpaired) electrons. The molecule has 6 nitrogen and oxygen atoms in total. The maximum absolute atomic E-state index is 11.4. The van der Waals surface area contributed by atoms with Crippen molar-refractivity contribution in [3.63, 3.8) is 0 Å². The van der Waals surface area contributed by atoms with Crippen molar-refractivity contribution in [3.05, 3.63) is 0 Å². The van der Waals surface area contributed by atoms with Crippen LogP contribution in [0.15, 0.2) is 0 Å². The van der Waals surface area contributed by atoms with Crippen LogP contribution in [-0.4, -0.2) is 63.2 Å². The zero-order valence-corrected chi connectivity index (χ0v) is 13.0. The van der Waals surface area contributed by atoms with E-state index in [0.29, 0.717) is 51.8 Å². The SMILES string of the molecule is CCOCCOCC(O)CNCCC(=O)NCC(C)C. The molecular weight excluding hydrogens is 260 g/mol. The molecule has 0 saturated heterocycles. The van der Waals surface area contributed by atoms with E-state index in [2.05, 4.69) is 24.5 Å². The average Bonchev–Trinajstić information content (AvgIpc) is 2.41. The molecule has 0 aromatic heterocycles. The number of ether oxygens (including phenoxy) is 2. The molecule has 1 unspecified atom stereocenters. The third kappa shape index (κ3) is 13.7. The lowest BCUT2D eigenvalue weighted by Gasteiger charge is -2.12. The summed E-state index contributed by atoms with van der Waals surface area (Å²) in [5.41, 5.74) is 0. The number of carbonyl (C=O) groups is 1. The van der Waals surface area contributed by atoms with E-state index in [1.54, 1.807) is 0 Å². The number of aliphatic hydroxyl groups excluding tert-OH is 1. The van der Waals surface area contributed by atoms with Crippen molar-refractivity contribution >= 4 is 5.91 Å². The van der Waals surface area contributed by atoms with Crippen molar-refractivity contribution in [2.24, 2.45) is 5.92 Å². The third-order valence-corrected chi connectivity index (χ3v) is 2.50. The van der Waals surface area contributed by atoms with Gasteiger partial charge in [0.1, 0.15) is 0 Å². The van der Waals surface area contributed by atoms with Crippen LogP contribution < -0.4 is 10.6 Å². The Morgan fingerprint density at radius 2 is 1.90 bits per heavy atom. The second-order valence-corrected chi connectivity index (χ2v) is 5.08. The minimum absolute atomic E-state index is 0.0358. The number of amides is 1. The molecule has 120 valence electrons. The second-order valence-electron chi connectivity index (χ2n) is 5.08. The van der Waals surface area contributed by atoms with Crippen LogP contribution >= 0.6 is 0 Å². The fourth-order valence-electron chi connectivity index (χ4n) is 1.42. The number of rotatable bonds is 13. The van der Waals surface area contributed by atoms with E-state index < -0.39 is 6.10 Å². The molecule has 6 heteroatoms. The Labute approximate surface area is 122 Å². The molecule has 0 saturated carbocycles. The van der Waals surface area contributed by atoms with Crippen molar-refractivity contribution in [1.82, 2.24) is 10.6 Å². The lowest BCUT2D eigenvalue weighted by molar-refractivity contribution is -0.121. The molecule has 0 fully saturated rings. The molecule has 20 heavy (non-hydrogen) atoms. The van der Waals surface area contributed by atoms with Crippen molar-refractivity contribution < 1.29 is 19.4 Å². The highest BCUT2D eigenvalue weighted by atomic mass is 16.5. The van der Waals surface area contributed by atoms with Crippen LogP contribution in [0.5, 0.6) is 0 Å². The van der Waals surface area contributed by atoms with Gasteiger partial charge in [-0.05, 0) is 12.8 Å². The summed E-state index contributed by atoms with van der Waals surface area (Å²) < 4.78 is 10.4. The van der Waals surface area contributed by atoms with Crippen LogP contribution in [0, 0.1) is 5.92 Å². The number of hydrogen-bond donors (Lipinski definition) is 3. The van der Waals surface area contributed by atoms with Gasteiger partial charge < -0.3 is 25.2 Å². The fourth-order valence-corrected chi connectivity index (χ4v) is 1.42. The first-order valence-corrected chi connectivity index (χ1v) is 7.37. The second kappa shape index (κ2) is 13.3. The van der Waals surface area contributed by atoms with Gasteiger partial charge in [-0.15, -0.1) is 0 Å². The van der Waals surface area contributed by atoms with E-state index in [4.69, 9.17) is 9.47 Å². The maximum atomic E-state index is 11.4. The van der Waals surface area contributed by atoms with E-state index in [0.717, 1.165) is 0 Å². The van der Waals surface area contributed by atoms with E-state index >= 15 is 0 Å². The normalized spacial score (nSPS) is 12.7. The van der Waals surface area contributed by atoms with Crippen molar-refractivity contribution in [3.8, 4) is 0 Å². The molecule has 0 rings (SSSR count). The Morgan fingerprint density at radius 3 is 2.55 bits per heavy atom. The Balaban J connectivity index is 3.34. The molecule has 0 aliphatic heterocycles. The minimum atomic E-state index is -0.560. The van der Waals surface area contributed by atoms with E-state index in [1.165, 1.54) is 0 Å². The maximum Gasteiger partial charge on any atom is 0.221 e. The summed E-state index contributed by atoms with van der Waals surface area (Å²) in [5.74, 6) is 0.497. The number of carbonyl (C=O) groups excluding carboxylic acids is 1. The Bertz CT molecular complexity index is 237. The van der Waals surface area contributed by atoms with Gasteiger partial charge >= 0.3 is 0 Å². The first-order chi connectivity index (χ1) is 9.56. The third-order valence-electron chi connectivity index (χ3n) is 2.50. The van der Waals surface area contributed by atoms with E-state index in [-0.39, 0.29) is 12.5 Å². The molecule has 0 aromatic rings. The lowest BCUT2D eigenvalue weighted by atomic mass is 10.2. The fraction of sp³-hybridized carbons (Fsp3) is 0.929. The molecule has 0 bridgehead atoms. The van der Waals surface area contributed by atoms with Crippen molar-refractivity contribution in [2.45, 2.75) is 33.3 Å². The van der Waals surface area contributed by atoms with Crippen molar-refractivity contribution in [2.75, 3.05) is 46.1 Å². The Hall–Kier alpha value is -0.690. The summed E-state index contributed by atoms with van der Waals surface area (Å²) in [7, 11) is 0. The first-order valence-electron chi connectivity index (χ1n) is 7.37. The number of hydrogen-bond acceptors (Lipinski definition) is 5. The highest BCUT2D eigenvalue weighted by Crippen LogP contribution is 1.89. The van der Waals surface area contributed by atoms with Gasteiger partial charge in [-0.2, -0.15) is 0 Å². The molecule has 0 spiro atoms. The predicted molar refractivity (Wildman–Crippen MR) is 78.7 cm³/mol. The summed E-state index contributed by atoms with van der Waals surface area (Å²) in [4.78, 5) is 11.4. The molecule has 1 atom stereocenters. The van der Waals surface area contributed by atoms with Gasteiger partial charge in [-0.25, -0.2) is 0 Å². The van der Waals surface area contributed by atoms with Gasteiger partial charge in [0.05, 0.1) is 25.9 Å². The standard InChI is InChI=1S/C14H30N2O4/c1-4-19-7-8-20-11-13(17)10-15-6-5-14(18)16-9-12(2)3/h12-13,15,17H,4-11H2,1-3H3,(H,16,18). The van der Waals surface area contributed by atoms with Crippen LogP contribution in [0.2, 0.25) is 0 Å². The summed E-state index contributed by atoms with van der Waals surface area (Å²) >= 11 is 0. The Kier molecular flexibility index (Phi) is 12.8. The summed E-state index contributed by atoms with van der Waals surface area (Å²) in [6.07, 6.45) is -0.139. The van der Waals surface area contributed by atoms with Crippen LogP contribution in [-0.2, 0) is 14.3 Å². The van der Waals surface area contributed by atoms with Crippen molar-refractivity contribution in [1.29, 1.82) is 0 Å². The summed E-state index contributed by atoms with van der Waals surface area (Å²) in [5, 5.41) is 15.5. The van der Waals surface area contributed by atoms with Crippen LogP contribution in [0.3, 0.4) is 0 Å². The predicted octanol–water partition coefficient (Wildman–Crippen LogP) is 0.152. The molecular formula is C14H30N2O4. The van der Waals surface area contributed by atoms with Crippen LogP contribution in [0.1, 0.15) is 27.2 Å². The Morgan fingerprint density at radius 1 is 1.20 bits per heavy atom. The van der Waals surface area contributed by atoms with E-state index in [9.17, 15) is 9.90 Å². The molecule has 0 aliphatic rings. The van der Waals surface area contributed by atoms with Gasteiger partial charge in [-0.3, -0.25) is 4.79 Å². The summed E-state index contributed by atoms with van der Waals surface area (Å²) in [6.45, 7) is 9.71. The number of nitrogens with one attached hydrogen (secondary N) is 2. The van der Waals surface area contributed by atoms with Gasteiger partial charge in [0, 0.05) is 32.7 Å². The van der Waals surface area contributed by atoms with Gasteiger partial charge in [-0.1, -0.05) is 13.8 Å². The molecule has 3 N–H and O–H groups in total. The zero-order valence-electron chi connectivity index (χ0n) is 13.0. The largest absolute Gasteiger partial charge is 0.389 e. The minimum Gasteiger partial charge on any atom is -0.389 e. The first kappa shape index (κ1) is 19.3. The van der Waals surface area contributed by atoms with Gasteiger partial charge in [0.15, 0.2) is 0 Å². The quantitative estimate of drug-likeness (QED) is 0.421. The molecule has 0 heterocycles. The molecule has 0 aromatic carbocycles. The lowest BCUT2D eigenvalue weighted by Crippen LogP contribution is -2.34. The smallest absolute Gasteiger partial charge is 0.221 e. The topological polar surface area (TPSA) is 79.8 Å². The monoisotopic (exact) mass is 290 g/mol. The van der Waals surface area contributed by atoms with Gasteiger partial charge in [0.2, 0.25) is 5.91 Å². The van der Waals surface area contributed by atoms with E-state index in [1.807, 2.05) is 6.92 Å². The summed E-state index contributed by atoms with van der Waals surface area (Å²) in [6, 6.07) is 0. The highest BCUT2D eigenvalue weighted by Gasteiger charge is 2.05. The zero-order chi connectivity index (χ0) is 15.2. The van der Waals surface area contributed by atoms with Gasteiger partial charge in [0.25, 0.3) is 0 Å². The molecule has 0 aliphatic carbocycles. The average molecular weight is 290 g/mol.